The second kappa shape index (κ2) is 5.87. The number of alkyl halides is 3. The molecule has 0 spiro atoms. The van der Waals surface area contributed by atoms with Gasteiger partial charge in [-0.1, -0.05) is 28.1 Å². The Morgan fingerprint density at radius 3 is 2.67 bits per heavy atom. The smallest absolute Gasteiger partial charge is 0.236 e. The van der Waals surface area contributed by atoms with Crippen molar-refractivity contribution >= 4 is 73.0 Å². The maximum Gasteiger partial charge on any atom is 0.236 e. The van der Waals surface area contributed by atoms with Crippen LogP contribution in [0, 0.1) is 5.92 Å². The van der Waals surface area contributed by atoms with Gasteiger partial charge >= 0.3 is 0 Å². The van der Waals surface area contributed by atoms with E-state index in [0.717, 1.165) is 22.9 Å². The van der Waals surface area contributed by atoms with Crippen LogP contribution in [0.1, 0.15) is 24.0 Å². The molecular weight excluding hydrogens is 525 g/mol. The van der Waals surface area contributed by atoms with Crippen LogP contribution in [0.25, 0.3) is 6.08 Å². The van der Waals surface area contributed by atoms with Crippen molar-refractivity contribution in [3.05, 3.63) is 39.9 Å². The summed E-state index contributed by atoms with van der Waals surface area (Å²) >= 11 is 6.83. The van der Waals surface area contributed by atoms with E-state index in [4.69, 9.17) is 0 Å². The van der Waals surface area contributed by atoms with E-state index in [1.807, 2.05) is 12.1 Å². The van der Waals surface area contributed by atoms with Gasteiger partial charge in [0.05, 0.1) is 0 Å². The summed E-state index contributed by atoms with van der Waals surface area (Å²) in [6, 6.07) is 5.44. The van der Waals surface area contributed by atoms with Gasteiger partial charge in [-0.25, -0.2) is 4.39 Å². The fourth-order valence-electron chi connectivity index (χ4n) is 1.55. The van der Waals surface area contributed by atoms with Gasteiger partial charge in [0.2, 0.25) is 1.68 Å². The van der Waals surface area contributed by atoms with Crippen LogP contribution in [0.4, 0.5) is 4.39 Å². The summed E-state index contributed by atoms with van der Waals surface area (Å²) in [5, 5.41) is 0. The second-order valence-corrected chi connectivity index (χ2v) is 10.1. The highest BCUT2D eigenvalue weighted by Crippen LogP contribution is 2.44. The standard InChI is InChI=1S/C13H10BrFI2O/c14-11-5-1-8(7-10(11)13(15,16)17)2-6-12(18)9-3-4-9/h1-2,5-7,9H,3-4H2/b6-2-. The first kappa shape index (κ1) is 14.9. The lowest BCUT2D eigenvalue weighted by molar-refractivity contribution is -0.115. The zero-order valence-electron chi connectivity index (χ0n) is 9.30. The molecule has 1 aliphatic carbocycles. The number of ketones is 1. The summed E-state index contributed by atoms with van der Waals surface area (Å²) < 4.78 is 13.2. The van der Waals surface area contributed by atoms with Gasteiger partial charge < -0.3 is 0 Å². The van der Waals surface area contributed by atoms with Crippen LogP contribution in [-0.2, 0) is 6.48 Å². The van der Waals surface area contributed by atoms with Crippen LogP contribution in [-0.4, -0.2) is 5.78 Å². The van der Waals surface area contributed by atoms with E-state index in [2.05, 4.69) is 15.9 Å². The van der Waals surface area contributed by atoms with E-state index in [9.17, 15) is 9.18 Å². The number of hydrogen-bond acceptors (Lipinski definition) is 1. The Morgan fingerprint density at radius 2 is 2.11 bits per heavy atom. The fourth-order valence-corrected chi connectivity index (χ4v) is 3.70. The van der Waals surface area contributed by atoms with Gasteiger partial charge in [0, 0.05) is 16.0 Å². The van der Waals surface area contributed by atoms with E-state index >= 15 is 0 Å². The molecule has 96 valence electrons. The van der Waals surface area contributed by atoms with Crippen molar-refractivity contribution < 1.29 is 9.18 Å². The maximum absolute atomic E-state index is 14.0. The van der Waals surface area contributed by atoms with E-state index < -0.39 is 1.68 Å². The average Bonchev–Trinajstić information content (AvgIpc) is 3.09. The third-order valence-corrected chi connectivity index (χ3v) is 4.57. The number of carbonyl (C=O) groups excluding carboxylic acids is 1. The summed E-state index contributed by atoms with van der Waals surface area (Å²) in [5.74, 6) is 0.403. The molecule has 5 heteroatoms. The molecule has 0 aliphatic heterocycles. The van der Waals surface area contributed by atoms with Crippen LogP contribution < -0.4 is 0 Å². The topological polar surface area (TPSA) is 17.1 Å². The van der Waals surface area contributed by atoms with Crippen LogP contribution in [0.2, 0.25) is 0 Å². The summed E-state index contributed by atoms with van der Waals surface area (Å²) in [5.41, 5.74) is 1.42. The molecule has 0 atom stereocenters. The number of rotatable bonds is 4. The quantitative estimate of drug-likeness (QED) is 0.288. The molecule has 0 heterocycles. The van der Waals surface area contributed by atoms with Gasteiger partial charge in [0.15, 0.2) is 5.78 Å². The lowest BCUT2D eigenvalue weighted by Gasteiger charge is -2.13. The van der Waals surface area contributed by atoms with Crippen molar-refractivity contribution in [1.82, 2.24) is 0 Å². The number of hydrogen-bond donors (Lipinski definition) is 0. The van der Waals surface area contributed by atoms with Gasteiger partial charge in [0.25, 0.3) is 0 Å². The van der Waals surface area contributed by atoms with E-state index in [-0.39, 0.29) is 11.7 Å². The van der Waals surface area contributed by atoms with Gasteiger partial charge in [-0.15, -0.1) is 0 Å². The Bertz CT molecular complexity index is 504. The third kappa shape index (κ3) is 4.00. The Morgan fingerprint density at radius 1 is 1.44 bits per heavy atom. The average molecular weight is 535 g/mol. The lowest BCUT2D eigenvalue weighted by atomic mass is 10.1. The molecule has 1 aromatic carbocycles. The van der Waals surface area contributed by atoms with Crippen molar-refractivity contribution in [1.29, 1.82) is 0 Å². The molecule has 0 aromatic heterocycles. The van der Waals surface area contributed by atoms with E-state index in [1.165, 1.54) is 0 Å². The normalized spacial score (nSPS) is 16.2. The fraction of sp³-hybridized carbons (Fsp3) is 0.308. The number of allylic oxidation sites excluding steroid dienone is 1. The number of carbonyl (C=O) groups is 1. The first-order valence-corrected chi connectivity index (χ1v) is 8.41. The molecule has 2 rings (SSSR count). The molecule has 0 radical (unpaired) electrons. The SMILES string of the molecule is O=C(/C=C\c1ccc(Br)c(C(F)(I)I)c1)C1CC1. The van der Waals surface area contributed by atoms with Crippen LogP contribution in [0.3, 0.4) is 0 Å². The van der Waals surface area contributed by atoms with Crippen molar-refractivity contribution in [2.75, 3.05) is 0 Å². The van der Waals surface area contributed by atoms with Crippen LogP contribution in [0.5, 0.6) is 0 Å². The first-order valence-electron chi connectivity index (χ1n) is 5.46. The molecule has 0 bridgehead atoms. The molecule has 0 unspecified atom stereocenters. The highest BCUT2D eigenvalue weighted by molar-refractivity contribution is 14.2. The Labute approximate surface area is 141 Å². The lowest BCUT2D eigenvalue weighted by Crippen LogP contribution is -2.01. The third-order valence-electron chi connectivity index (χ3n) is 2.72. The largest absolute Gasteiger partial charge is 0.295 e. The molecule has 18 heavy (non-hydrogen) atoms. The van der Waals surface area contributed by atoms with Crippen LogP contribution in [0.15, 0.2) is 28.7 Å². The molecular formula is C13H10BrFI2O. The molecule has 1 fully saturated rings. The predicted octanol–water partition coefficient (Wildman–Crippen LogP) is 5.39. The maximum atomic E-state index is 14.0. The zero-order valence-corrected chi connectivity index (χ0v) is 15.2. The molecule has 1 saturated carbocycles. The number of benzene rings is 1. The molecule has 1 aromatic rings. The molecule has 0 amide bonds. The Balaban J connectivity index is 2.21. The van der Waals surface area contributed by atoms with Gasteiger partial charge in [-0.2, -0.15) is 0 Å². The summed E-state index contributed by atoms with van der Waals surface area (Å²) in [6.07, 6.45) is 5.37. The van der Waals surface area contributed by atoms with E-state index in [1.54, 1.807) is 63.4 Å². The van der Waals surface area contributed by atoms with Gasteiger partial charge in [-0.05, 0) is 81.8 Å². The predicted molar refractivity (Wildman–Crippen MR) is 91.7 cm³/mol. The molecule has 0 N–H and O–H groups in total. The van der Waals surface area contributed by atoms with Gasteiger partial charge in [-0.3, -0.25) is 4.79 Å². The molecule has 0 saturated heterocycles. The summed E-state index contributed by atoms with van der Waals surface area (Å²) in [4.78, 5) is 11.6. The van der Waals surface area contributed by atoms with Gasteiger partial charge in [0.1, 0.15) is 0 Å². The molecule has 1 aliphatic rings. The second-order valence-electron chi connectivity index (χ2n) is 4.25. The summed E-state index contributed by atoms with van der Waals surface area (Å²) in [6.45, 7) is 0. The minimum absolute atomic E-state index is 0.176. The monoisotopic (exact) mass is 534 g/mol. The van der Waals surface area contributed by atoms with Crippen molar-refractivity contribution in [3.8, 4) is 0 Å². The zero-order chi connectivity index (χ0) is 13.3. The van der Waals surface area contributed by atoms with Crippen molar-refractivity contribution in [2.24, 2.45) is 5.92 Å². The minimum Gasteiger partial charge on any atom is -0.295 e. The van der Waals surface area contributed by atoms with Crippen molar-refractivity contribution in [2.45, 2.75) is 14.5 Å². The Kier molecular flexibility index (Phi) is 4.86. The molecule has 1 nitrogen and oxygen atoms in total. The van der Waals surface area contributed by atoms with E-state index in [0.29, 0.717) is 5.56 Å². The highest BCUT2D eigenvalue weighted by Gasteiger charge is 2.28. The minimum atomic E-state index is -1.46. The Hall–Kier alpha value is 0.500. The van der Waals surface area contributed by atoms with Crippen LogP contribution >= 0.6 is 61.1 Å². The highest BCUT2D eigenvalue weighted by atomic mass is 127. The first-order chi connectivity index (χ1) is 8.38. The van der Waals surface area contributed by atoms with Crippen molar-refractivity contribution in [3.63, 3.8) is 0 Å². The number of halogens is 4. The summed E-state index contributed by atoms with van der Waals surface area (Å²) in [7, 11) is 0.